The molecule has 2 aromatic heterocycles. The number of nitrogens with zero attached hydrogens (tertiary/aromatic N) is 2. The van der Waals surface area contributed by atoms with Gasteiger partial charge in [-0.3, -0.25) is 14.9 Å². The molecule has 0 bridgehead atoms. The van der Waals surface area contributed by atoms with Crippen LogP contribution < -0.4 is 20.8 Å². The molecule has 0 aliphatic carbocycles. The van der Waals surface area contributed by atoms with E-state index in [1.807, 2.05) is 33.0 Å². The molecule has 4 rings (SSSR count). The lowest BCUT2D eigenvalue weighted by molar-refractivity contribution is -0.157. The van der Waals surface area contributed by atoms with Crippen molar-refractivity contribution in [3.63, 3.8) is 0 Å². The molecule has 2 amide bonds. The van der Waals surface area contributed by atoms with Crippen LogP contribution in [-0.2, 0) is 9.53 Å². The largest absolute Gasteiger partial charge is 0.480 e. The number of nitrogens with one attached hydrogen (secondary N) is 4. The van der Waals surface area contributed by atoms with Gasteiger partial charge in [-0.25, -0.2) is 14.8 Å². The first kappa shape index (κ1) is 25.5. The number of ether oxygens (including phenoxy) is 2. The molecular formula is C25H27BN6O5. The Morgan fingerprint density at radius 3 is 2.62 bits per heavy atom. The molecule has 37 heavy (non-hydrogen) atoms. The number of carbonyl (C=O) groups excluding carboxylic acids is 3. The summed E-state index contributed by atoms with van der Waals surface area (Å²) in [5, 5.41) is 5.43. The number of fused-ring (bicyclic) bond motifs is 1. The lowest BCUT2D eigenvalue weighted by atomic mass is 9.94. The Morgan fingerprint density at radius 2 is 1.86 bits per heavy atom. The molecular weight excluding hydrogens is 475 g/mol. The number of amides is 2. The molecule has 0 fully saturated rings. The van der Waals surface area contributed by atoms with Crippen molar-refractivity contribution in [2.24, 2.45) is 0 Å². The highest BCUT2D eigenvalue weighted by Gasteiger charge is 2.23. The number of carbonyl (C=O) groups is 3. The summed E-state index contributed by atoms with van der Waals surface area (Å²) in [4.78, 5) is 51.9. The van der Waals surface area contributed by atoms with E-state index in [1.165, 1.54) is 6.33 Å². The molecule has 11 nitrogen and oxygen atoms in total. The summed E-state index contributed by atoms with van der Waals surface area (Å²) >= 11 is 0. The number of imidazole rings is 2. The van der Waals surface area contributed by atoms with E-state index in [0.29, 0.717) is 22.5 Å². The fraction of sp³-hybridized carbons (Fsp3) is 0.240. The number of para-hydroxylation sites is 1. The standard InChI is InChI=1S/C25H27BN6O5/c1-13-8-9-14(26)10-16(13)29-22(34)20-21(28-12-27-20)23(35)32-24-30-15-6-5-7-17(19(15)31-24)36-11-18(33)37-25(2,3)4/h5-10,12H,11,26H2,1-4H3,(H,27,28)(H,29,34)(H2,30,31,32,35). The van der Waals surface area contributed by atoms with E-state index in [-0.39, 0.29) is 23.9 Å². The number of benzene rings is 2. The predicted molar refractivity (Wildman–Crippen MR) is 141 cm³/mol. The molecule has 4 N–H and O–H groups in total. The first-order valence-corrected chi connectivity index (χ1v) is 11.6. The summed E-state index contributed by atoms with van der Waals surface area (Å²) in [5.74, 6) is -1.18. The van der Waals surface area contributed by atoms with Gasteiger partial charge < -0.3 is 24.8 Å². The van der Waals surface area contributed by atoms with Crippen LogP contribution in [0.25, 0.3) is 11.0 Å². The number of esters is 1. The smallest absolute Gasteiger partial charge is 0.344 e. The summed E-state index contributed by atoms with van der Waals surface area (Å²) in [5.41, 5.74) is 2.79. The second-order valence-electron chi connectivity index (χ2n) is 9.47. The Bertz CT molecular complexity index is 1490. The Labute approximate surface area is 213 Å². The second kappa shape index (κ2) is 10.2. The van der Waals surface area contributed by atoms with Crippen LogP contribution in [0.2, 0.25) is 0 Å². The topological polar surface area (TPSA) is 151 Å². The van der Waals surface area contributed by atoms with Gasteiger partial charge in [0.05, 0.1) is 11.8 Å². The highest BCUT2D eigenvalue weighted by atomic mass is 16.6. The average Bonchev–Trinajstić information content (AvgIpc) is 3.46. The molecule has 0 aliphatic rings. The van der Waals surface area contributed by atoms with Gasteiger partial charge >= 0.3 is 5.97 Å². The molecule has 0 unspecified atom stereocenters. The first-order chi connectivity index (χ1) is 17.5. The zero-order valence-corrected chi connectivity index (χ0v) is 21.2. The van der Waals surface area contributed by atoms with Gasteiger partial charge in [0.15, 0.2) is 12.3 Å². The van der Waals surface area contributed by atoms with Crippen molar-refractivity contribution in [1.29, 1.82) is 0 Å². The number of aryl methyl sites for hydroxylation is 1. The molecule has 0 aliphatic heterocycles. The van der Waals surface area contributed by atoms with Crippen molar-refractivity contribution in [3.05, 3.63) is 59.7 Å². The second-order valence-corrected chi connectivity index (χ2v) is 9.47. The van der Waals surface area contributed by atoms with Gasteiger partial charge in [-0.1, -0.05) is 23.7 Å². The quantitative estimate of drug-likeness (QED) is 0.223. The number of H-pyrrole nitrogens is 2. The summed E-state index contributed by atoms with van der Waals surface area (Å²) in [7, 11) is 1.92. The highest BCUT2D eigenvalue weighted by molar-refractivity contribution is 6.32. The number of aromatic amines is 2. The van der Waals surface area contributed by atoms with Crippen molar-refractivity contribution in [1.82, 2.24) is 19.9 Å². The number of aromatic nitrogens is 4. The molecule has 0 saturated heterocycles. The molecule has 4 aromatic rings. The minimum absolute atomic E-state index is 0.0235. The first-order valence-electron chi connectivity index (χ1n) is 11.6. The van der Waals surface area contributed by atoms with E-state index in [1.54, 1.807) is 39.0 Å². The maximum absolute atomic E-state index is 13.0. The van der Waals surface area contributed by atoms with Crippen molar-refractivity contribution in [2.45, 2.75) is 33.3 Å². The van der Waals surface area contributed by atoms with Crippen molar-refractivity contribution in [2.75, 3.05) is 17.2 Å². The number of hydrogen-bond donors (Lipinski definition) is 4. The van der Waals surface area contributed by atoms with E-state index in [2.05, 4.69) is 30.6 Å². The maximum atomic E-state index is 13.0. The molecule has 0 spiro atoms. The number of hydrogen-bond acceptors (Lipinski definition) is 7. The van der Waals surface area contributed by atoms with Gasteiger partial charge in [-0.15, -0.1) is 0 Å². The highest BCUT2D eigenvalue weighted by Crippen LogP contribution is 2.25. The summed E-state index contributed by atoms with van der Waals surface area (Å²) < 4.78 is 10.9. The van der Waals surface area contributed by atoms with Crippen molar-refractivity contribution >= 4 is 53.8 Å². The van der Waals surface area contributed by atoms with Gasteiger partial charge in [0, 0.05) is 5.69 Å². The Morgan fingerprint density at radius 1 is 1.08 bits per heavy atom. The van der Waals surface area contributed by atoms with Gasteiger partial charge in [0.2, 0.25) is 5.95 Å². The van der Waals surface area contributed by atoms with E-state index in [4.69, 9.17) is 9.47 Å². The Kier molecular flexibility index (Phi) is 7.01. The third-order valence-corrected chi connectivity index (χ3v) is 5.20. The predicted octanol–water partition coefficient (Wildman–Crippen LogP) is 2.08. The molecule has 0 radical (unpaired) electrons. The Hall–Kier alpha value is -4.61. The third kappa shape index (κ3) is 6.15. The SMILES string of the molecule is Bc1ccc(C)c(NC(=O)c2nc[nH]c2C(=O)Nc2nc3c(OCC(=O)OC(C)(C)C)cccc3[nH]2)c1. The van der Waals surface area contributed by atoms with Crippen LogP contribution in [-0.4, -0.2) is 57.8 Å². The van der Waals surface area contributed by atoms with Crippen molar-refractivity contribution in [3.8, 4) is 5.75 Å². The van der Waals surface area contributed by atoms with E-state index in [9.17, 15) is 14.4 Å². The molecule has 2 heterocycles. The lowest BCUT2D eigenvalue weighted by Gasteiger charge is -2.19. The zero-order chi connectivity index (χ0) is 26.7. The zero-order valence-electron chi connectivity index (χ0n) is 21.2. The summed E-state index contributed by atoms with van der Waals surface area (Å²) in [6.07, 6.45) is 1.27. The van der Waals surface area contributed by atoms with Crippen LogP contribution in [0.1, 0.15) is 47.3 Å². The van der Waals surface area contributed by atoms with Crippen LogP contribution in [0, 0.1) is 6.92 Å². The fourth-order valence-electron chi connectivity index (χ4n) is 3.55. The van der Waals surface area contributed by atoms with Crippen LogP contribution in [0.15, 0.2) is 42.7 Å². The lowest BCUT2D eigenvalue weighted by Crippen LogP contribution is -2.27. The van der Waals surface area contributed by atoms with Gasteiger partial charge in [-0.2, -0.15) is 0 Å². The van der Waals surface area contributed by atoms with Gasteiger partial charge in [0.25, 0.3) is 11.8 Å². The van der Waals surface area contributed by atoms with E-state index >= 15 is 0 Å². The van der Waals surface area contributed by atoms with Crippen LogP contribution in [0.3, 0.4) is 0 Å². The molecule has 190 valence electrons. The monoisotopic (exact) mass is 502 g/mol. The van der Waals surface area contributed by atoms with E-state index < -0.39 is 23.4 Å². The molecule has 0 atom stereocenters. The third-order valence-electron chi connectivity index (χ3n) is 5.20. The minimum Gasteiger partial charge on any atom is -0.480 e. The number of anilines is 2. The van der Waals surface area contributed by atoms with Crippen LogP contribution >= 0.6 is 0 Å². The van der Waals surface area contributed by atoms with Crippen LogP contribution in [0.5, 0.6) is 5.75 Å². The fourth-order valence-corrected chi connectivity index (χ4v) is 3.55. The van der Waals surface area contributed by atoms with Crippen LogP contribution in [0.4, 0.5) is 11.6 Å². The number of rotatable bonds is 7. The minimum atomic E-state index is -0.627. The summed E-state index contributed by atoms with van der Waals surface area (Å²) in [6.45, 7) is 6.89. The van der Waals surface area contributed by atoms with Gasteiger partial charge in [0.1, 0.15) is 30.4 Å². The Balaban J connectivity index is 1.48. The molecule has 0 saturated carbocycles. The van der Waals surface area contributed by atoms with Gasteiger partial charge in [-0.05, 0) is 51.5 Å². The van der Waals surface area contributed by atoms with Crippen molar-refractivity contribution < 1.29 is 23.9 Å². The van der Waals surface area contributed by atoms with E-state index in [0.717, 1.165) is 11.0 Å². The normalized spacial score (nSPS) is 11.2. The average molecular weight is 502 g/mol. The maximum Gasteiger partial charge on any atom is 0.344 e. The molecule has 2 aromatic carbocycles. The molecule has 12 heteroatoms. The summed E-state index contributed by atoms with van der Waals surface area (Å²) in [6, 6.07) is 10.8.